The van der Waals surface area contributed by atoms with Gasteiger partial charge in [-0.2, -0.15) is 13.2 Å². The fraction of sp³-hybridized carbons (Fsp3) is 0.231. The van der Waals surface area contributed by atoms with E-state index in [1.165, 1.54) is 12.3 Å². The Morgan fingerprint density at radius 2 is 2.00 bits per heavy atom. The predicted molar refractivity (Wildman–Crippen MR) is 74.4 cm³/mol. The molecule has 0 radical (unpaired) electrons. The first kappa shape index (κ1) is 16.3. The van der Waals surface area contributed by atoms with Gasteiger partial charge in [0.1, 0.15) is 11.4 Å². The second-order valence-corrected chi connectivity index (χ2v) is 5.60. The number of aliphatic hydroxyl groups is 1. The zero-order chi connectivity index (χ0) is 15.8. The first-order chi connectivity index (χ1) is 9.74. The third kappa shape index (κ3) is 2.69. The van der Waals surface area contributed by atoms with Crippen molar-refractivity contribution in [2.24, 2.45) is 0 Å². The molecule has 21 heavy (non-hydrogen) atoms. The molecule has 0 aliphatic carbocycles. The Kier molecular flexibility index (Phi) is 4.37. The summed E-state index contributed by atoms with van der Waals surface area (Å²) in [5, 5.41) is 11.5. The van der Waals surface area contributed by atoms with Gasteiger partial charge in [0, 0.05) is 10.0 Å². The standard InChI is InChI=1S/C13H9BrClF4NO/c14-8-4-3-7(13(17,18)19)11(15)10(8)12(6-21)9(16)2-1-5-20-12/h1-5,20-21H,6H2. The van der Waals surface area contributed by atoms with E-state index in [-0.39, 0.29) is 10.0 Å². The van der Waals surface area contributed by atoms with Crippen molar-refractivity contribution in [1.82, 2.24) is 5.32 Å². The molecule has 1 unspecified atom stereocenters. The van der Waals surface area contributed by atoms with Crippen LogP contribution in [0.25, 0.3) is 0 Å². The number of allylic oxidation sites excluding steroid dienone is 2. The number of halogens is 6. The summed E-state index contributed by atoms with van der Waals surface area (Å²) in [5.74, 6) is -0.838. The van der Waals surface area contributed by atoms with Gasteiger partial charge in [-0.15, -0.1) is 0 Å². The van der Waals surface area contributed by atoms with Crippen LogP contribution in [0.2, 0.25) is 5.02 Å². The molecule has 0 amide bonds. The molecule has 0 aromatic heterocycles. The molecular weight excluding hydrogens is 377 g/mol. The van der Waals surface area contributed by atoms with Crippen molar-refractivity contribution in [3.05, 3.63) is 56.9 Å². The Bertz CT molecular complexity index is 629. The zero-order valence-corrected chi connectivity index (χ0v) is 12.7. The Morgan fingerprint density at radius 1 is 1.33 bits per heavy atom. The highest BCUT2D eigenvalue weighted by Crippen LogP contribution is 2.45. The highest BCUT2D eigenvalue weighted by atomic mass is 79.9. The lowest BCUT2D eigenvalue weighted by Gasteiger charge is -2.35. The third-order valence-corrected chi connectivity index (χ3v) is 4.19. The molecule has 0 fully saturated rings. The van der Waals surface area contributed by atoms with E-state index in [0.29, 0.717) is 0 Å². The van der Waals surface area contributed by atoms with Crippen LogP contribution in [0.15, 0.2) is 40.8 Å². The van der Waals surface area contributed by atoms with E-state index in [0.717, 1.165) is 18.2 Å². The first-order valence-electron chi connectivity index (χ1n) is 5.71. The molecule has 0 bridgehead atoms. The largest absolute Gasteiger partial charge is 0.417 e. The van der Waals surface area contributed by atoms with E-state index in [9.17, 15) is 22.7 Å². The Hall–Kier alpha value is -1.05. The fourth-order valence-corrected chi connectivity index (χ4v) is 3.30. The van der Waals surface area contributed by atoms with Crippen molar-refractivity contribution in [1.29, 1.82) is 0 Å². The number of rotatable bonds is 2. The summed E-state index contributed by atoms with van der Waals surface area (Å²) in [6, 6.07) is 1.91. The number of benzene rings is 1. The van der Waals surface area contributed by atoms with Gasteiger partial charge in [0.05, 0.1) is 17.2 Å². The van der Waals surface area contributed by atoms with Crippen LogP contribution >= 0.6 is 27.5 Å². The molecular formula is C13H9BrClF4NO. The fourth-order valence-electron chi connectivity index (χ4n) is 2.09. The van der Waals surface area contributed by atoms with Gasteiger partial charge in [0.15, 0.2) is 0 Å². The normalized spacial score (nSPS) is 22.0. The number of nitrogens with one attached hydrogen (secondary N) is 1. The highest BCUT2D eigenvalue weighted by Gasteiger charge is 2.43. The van der Waals surface area contributed by atoms with Gasteiger partial charge in [-0.25, -0.2) is 4.39 Å². The maximum atomic E-state index is 14.2. The molecule has 0 spiro atoms. The average Bonchev–Trinajstić information content (AvgIpc) is 2.39. The molecule has 114 valence electrons. The van der Waals surface area contributed by atoms with Crippen LogP contribution in [0.5, 0.6) is 0 Å². The minimum atomic E-state index is -4.69. The van der Waals surface area contributed by atoms with Gasteiger partial charge < -0.3 is 10.4 Å². The van der Waals surface area contributed by atoms with Crippen molar-refractivity contribution >= 4 is 27.5 Å². The topological polar surface area (TPSA) is 32.3 Å². The Morgan fingerprint density at radius 3 is 2.52 bits per heavy atom. The summed E-state index contributed by atoms with van der Waals surface area (Å²) >= 11 is 8.91. The maximum absolute atomic E-state index is 14.2. The second-order valence-electron chi connectivity index (χ2n) is 4.36. The lowest BCUT2D eigenvalue weighted by atomic mass is 9.86. The van der Waals surface area contributed by atoms with Crippen LogP contribution < -0.4 is 5.32 Å². The summed E-state index contributed by atoms with van der Waals surface area (Å²) in [7, 11) is 0. The van der Waals surface area contributed by atoms with E-state index in [1.807, 2.05) is 0 Å². The lowest BCUT2D eigenvalue weighted by Crippen LogP contribution is -2.45. The Balaban J connectivity index is 2.74. The van der Waals surface area contributed by atoms with Crippen LogP contribution in [0.1, 0.15) is 11.1 Å². The van der Waals surface area contributed by atoms with E-state index >= 15 is 0 Å². The minimum absolute atomic E-state index is 0.154. The number of dihydropyridines is 1. The molecule has 0 saturated heterocycles. The number of hydrogen-bond acceptors (Lipinski definition) is 2. The highest BCUT2D eigenvalue weighted by molar-refractivity contribution is 9.10. The molecule has 2 nitrogen and oxygen atoms in total. The van der Waals surface area contributed by atoms with Gasteiger partial charge >= 0.3 is 6.18 Å². The van der Waals surface area contributed by atoms with E-state index < -0.39 is 34.7 Å². The summed E-state index contributed by atoms with van der Waals surface area (Å²) in [6.45, 7) is -0.806. The van der Waals surface area contributed by atoms with Crippen molar-refractivity contribution in [3.63, 3.8) is 0 Å². The summed E-state index contributed by atoms with van der Waals surface area (Å²) in [6.07, 6.45) is -0.982. The van der Waals surface area contributed by atoms with Crippen LogP contribution in [0, 0.1) is 0 Å². The summed E-state index contributed by atoms with van der Waals surface area (Å²) in [4.78, 5) is 0. The van der Waals surface area contributed by atoms with Crippen LogP contribution in [0.3, 0.4) is 0 Å². The summed E-state index contributed by atoms with van der Waals surface area (Å²) < 4.78 is 53.2. The lowest BCUT2D eigenvalue weighted by molar-refractivity contribution is -0.137. The van der Waals surface area contributed by atoms with Crippen LogP contribution in [0.4, 0.5) is 17.6 Å². The van der Waals surface area contributed by atoms with Crippen molar-refractivity contribution in [3.8, 4) is 0 Å². The van der Waals surface area contributed by atoms with Gasteiger partial charge in [-0.3, -0.25) is 0 Å². The average molecular weight is 387 g/mol. The number of alkyl halides is 3. The SMILES string of the molecule is OCC1(c2c(Br)ccc(C(F)(F)F)c2Cl)NC=CC=C1F. The number of aliphatic hydroxyl groups excluding tert-OH is 1. The summed E-state index contributed by atoms with van der Waals surface area (Å²) in [5.41, 5.74) is -3.16. The zero-order valence-electron chi connectivity index (χ0n) is 10.3. The molecule has 1 heterocycles. The molecule has 1 atom stereocenters. The van der Waals surface area contributed by atoms with Crippen molar-refractivity contribution < 1.29 is 22.7 Å². The maximum Gasteiger partial charge on any atom is 0.417 e. The smallest absolute Gasteiger partial charge is 0.393 e. The van der Waals surface area contributed by atoms with Gasteiger partial charge in [0.2, 0.25) is 0 Å². The van der Waals surface area contributed by atoms with Gasteiger partial charge in [-0.05, 0) is 30.5 Å². The molecule has 1 aliphatic heterocycles. The van der Waals surface area contributed by atoms with Crippen LogP contribution in [-0.4, -0.2) is 11.7 Å². The van der Waals surface area contributed by atoms with Gasteiger partial charge in [-0.1, -0.05) is 27.5 Å². The first-order valence-corrected chi connectivity index (χ1v) is 6.88. The third-order valence-electron chi connectivity index (χ3n) is 3.14. The van der Waals surface area contributed by atoms with Crippen LogP contribution in [-0.2, 0) is 11.7 Å². The second kappa shape index (κ2) is 5.62. The quantitative estimate of drug-likeness (QED) is 0.744. The minimum Gasteiger partial charge on any atom is -0.393 e. The van der Waals surface area contributed by atoms with E-state index in [2.05, 4.69) is 21.2 Å². The molecule has 2 rings (SSSR count). The van der Waals surface area contributed by atoms with E-state index in [1.54, 1.807) is 0 Å². The molecule has 2 N–H and O–H groups in total. The molecule has 1 aromatic rings. The molecule has 0 saturated carbocycles. The van der Waals surface area contributed by atoms with Crippen molar-refractivity contribution in [2.45, 2.75) is 11.7 Å². The number of hydrogen-bond donors (Lipinski definition) is 2. The van der Waals surface area contributed by atoms with Gasteiger partial charge in [0.25, 0.3) is 0 Å². The molecule has 8 heteroatoms. The van der Waals surface area contributed by atoms with E-state index in [4.69, 9.17) is 11.6 Å². The monoisotopic (exact) mass is 385 g/mol. The molecule has 1 aliphatic rings. The molecule has 1 aromatic carbocycles. The Labute approximate surface area is 131 Å². The predicted octanol–water partition coefficient (Wildman–Crippen LogP) is 4.28. The van der Waals surface area contributed by atoms with Crippen molar-refractivity contribution in [2.75, 3.05) is 6.61 Å².